The molecule has 1 heterocycles. The molecule has 0 saturated carbocycles. The molecule has 0 radical (unpaired) electrons. The summed E-state index contributed by atoms with van der Waals surface area (Å²) in [6.45, 7) is 7.70. The molecule has 1 aliphatic rings. The number of likely N-dealkylation sites (tertiary alicyclic amines) is 1. The number of nitrogens with zero attached hydrogens (tertiary/aromatic N) is 1. The number of carbonyl (C=O) groups excluding carboxylic acids is 3. The van der Waals surface area contributed by atoms with Gasteiger partial charge < -0.3 is 31.5 Å². The molecule has 1 aromatic carbocycles. The zero-order valence-electron chi connectivity index (χ0n) is 20.9. The molecule has 0 aromatic heterocycles. The van der Waals surface area contributed by atoms with Gasteiger partial charge in [0, 0.05) is 13.0 Å². The summed E-state index contributed by atoms with van der Waals surface area (Å²) in [5.74, 6) is -2.67. The van der Waals surface area contributed by atoms with Crippen LogP contribution in [-0.2, 0) is 25.6 Å². The van der Waals surface area contributed by atoms with Crippen molar-refractivity contribution in [3.05, 3.63) is 29.8 Å². The number of phenolic OH excluding ortho intramolecular Hbond substituents is 1. The second-order valence-corrected chi connectivity index (χ2v) is 9.93. The number of rotatable bonds is 11. The van der Waals surface area contributed by atoms with Crippen molar-refractivity contribution in [3.63, 3.8) is 0 Å². The molecule has 1 saturated heterocycles. The summed E-state index contributed by atoms with van der Waals surface area (Å²) in [5, 5.41) is 24.3. The fourth-order valence-electron chi connectivity index (χ4n) is 4.24. The maximum absolute atomic E-state index is 13.2. The van der Waals surface area contributed by atoms with Crippen LogP contribution in [0.15, 0.2) is 24.3 Å². The van der Waals surface area contributed by atoms with Crippen LogP contribution in [0.5, 0.6) is 5.75 Å². The van der Waals surface area contributed by atoms with Crippen molar-refractivity contribution in [2.24, 2.45) is 17.6 Å². The van der Waals surface area contributed by atoms with E-state index in [9.17, 15) is 29.4 Å². The summed E-state index contributed by atoms with van der Waals surface area (Å²) in [6, 6.07) is 2.51. The Morgan fingerprint density at radius 2 is 1.71 bits per heavy atom. The van der Waals surface area contributed by atoms with Crippen LogP contribution in [0.25, 0.3) is 0 Å². The van der Waals surface area contributed by atoms with Crippen LogP contribution in [0.3, 0.4) is 0 Å². The van der Waals surface area contributed by atoms with E-state index in [1.165, 1.54) is 17.0 Å². The van der Waals surface area contributed by atoms with E-state index in [0.717, 1.165) is 0 Å². The van der Waals surface area contributed by atoms with Gasteiger partial charge in [0.05, 0.1) is 6.04 Å². The van der Waals surface area contributed by atoms with Crippen LogP contribution >= 0.6 is 0 Å². The van der Waals surface area contributed by atoms with Crippen molar-refractivity contribution >= 4 is 23.7 Å². The molecule has 3 amide bonds. The first-order valence-corrected chi connectivity index (χ1v) is 12.1. The number of carboxylic acid groups (broad SMARTS) is 1. The molecule has 10 heteroatoms. The van der Waals surface area contributed by atoms with Gasteiger partial charge in [0.25, 0.3) is 0 Å². The van der Waals surface area contributed by atoms with E-state index < -0.39 is 42.0 Å². The predicted octanol–water partition coefficient (Wildman–Crippen LogP) is 1.01. The van der Waals surface area contributed by atoms with Gasteiger partial charge in [0.2, 0.25) is 17.7 Å². The summed E-state index contributed by atoms with van der Waals surface area (Å²) in [6.07, 6.45) is 1.67. The minimum absolute atomic E-state index is 0.0578. The van der Waals surface area contributed by atoms with E-state index in [0.29, 0.717) is 31.4 Å². The Hall–Kier alpha value is -3.14. The monoisotopic (exact) mass is 490 g/mol. The second kappa shape index (κ2) is 12.5. The molecule has 194 valence electrons. The SMILES string of the molecule is CC(C)CC(N)C(=O)N1CCCC1C(=O)NC(Cc1ccc(O)cc1)C(=O)NC(C(=O)O)C(C)C. The van der Waals surface area contributed by atoms with E-state index in [1.807, 2.05) is 13.8 Å². The lowest BCUT2D eigenvalue weighted by molar-refractivity contribution is -0.144. The predicted molar refractivity (Wildman–Crippen MR) is 130 cm³/mol. The van der Waals surface area contributed by atoms with E-state index in [4.69, 9.17) is 5.73 Å². The average Bonchev–Trinajstić information content (AvgIpc) is 3.26. The van der Waals surface area contributed by atoms with Crippen LogP contribution in [0.4, 0.5) is 0 Å². The van der Waals surface area contributed by atoms with Crippen LogP contribution < -0.4 is 16.4 Å². The summed E-state index contributed by atoms with van der Waals surface area (Å²) in [7, 11) is 0. The van der Waals surface area contributed by atoms with Crippen molar-refractivity contribution < 1.29 is 29.4 Å². The van der Waals surface area contributed by atoms with E-state index in [-0.39, 0.29) is 29.9 Å². The first kappa shape index (κ1) is 28.1. The highest BCUT2D eigenvalue weighted by Crippen LogP contribution is 2.20. The second-order valence-electron chi connectivity index (χ2n) is 9.93. The van der Waals surface area contributed by atoms with Crippen LogP contribution in [0.1, 0.15) is 52.5 Å². The third kappa shape index (κ3) is 7.95. The molecule has 0 aliphatic carbocycles. The van der Waals surface area contributed by atoms with Crippen LogP contribution in [0, 0.1) is 11.8 Å². The normalized spacial score (nSPS) is 18.3. The summed E-state index contributed by atoms with van der Waals surface area (Å²) in [4.78, 5) is 52.3. The minimum atomic E-state index is -1.17. The largest absolute Gasteiger partial charge is 0.508 e. The van der Waals surface area contributed by atoms with Gasteiger partial charge in [-0.3, -0.25) is 14.4 Å². The summed E-state index contributed by atoms with van der Waals surface area (Å²) < 4.78 is 0. The van der Waals surface area contributed by atoms with Gasteiger partial charge >= 0.3 is 5.97 Å². The molecule has 6 N–H and O–H groups in total. The maximum Gasteiger partial charge on any atom is 0.326 e. The van der Waals surface area contributed by atoms with Crippen molar-refractivity contribution in [2.75, 3.05) is 6.54 Å². The third-order valence-electron chi connectivity index (χ3n) is 6.12. The molecule has 4 atom stereocenters. The van der Waals surface area contributed by atoms with Crippen molar-refractivity contribution in [1.29, 1.82) is 0 Å². The highest BCUT2D eigenvalue weighted by atomic mass is 16.4. The van der Waals surface area contributed by atoms with Gasteiger partial charge in [-0.15, -0.1) is 0 Å². The van der Waals surface area contributed by atoms with Crippen molar-refractivity contribution in [1.82, 2.24) is 15.5 Å². The standard InChI is InChI=1S/C25H38N4O6/c1-14(2)12-18(26)24(33)29-11-5-6-20(29)23(32)27-19(13-16-7-9-17(30)10-8-16)22(31)28-21(15(3)4)25(34)35/h7-10,14-15,18-21,30H,5-6,11-13,26H2,1-4H3,(H,27,32)(H,28,31)(H,34,35). The Labute approximate surface area is 206 Å². The highest BCUT2D eigenvalue weighted by Gasteiger charge is 2.38. The quantitative estimate of drug-likeness (QED) is 0.309. The first-order chi connectivity index (χ1) is 16.4. The van der Waals surface area contributed by atoms with Gasteiger partial charge in [-0.05, 0) is 48.8 Å². The number of phenols is 1. The molecule has 35 heavy (non-hydrogen) atoms. The van der Waals surface area contributed by atoms with Gasteiger partial charge in [-0.1, -0.05) is 39.8 Å². The van der Waals surface area contributed by atoms with E-state index >= 15 is 0 Å². The molecule has 2 rings (SSSR count). The minimum Gasteiger partial charge on any atom is -0.508 e. The number of aliphatic carboxylic acids is 1. The van der Waals surface area contributed by atoms with Crippen molar-refractivity contribution in [3.8, 4) is 5.75 Å². The Balaban J connectivity index is 2.21. The zero-order valence-corrected chi connectivity index (χ0v) is 20.9. The fraction of sp³-hybridized carbons (Fsp3) is 0.600. The van der Waals surface area contributed by atoms with E-state index in [1.54, 1.807) is 26.0 Å². The number of aromatic hydroxyl groups is 1. The van der Waals surface area contributed by atoms with Gasteiger partial charge in [0.15, 0.2) is 0 Å². The topological polar surface area (TPSA) is 162 Å². The molecule has 1 aromatic rings. The third-order valence-corrected chi connectivity index (χ3v) is 6.12. The number of benzene rings is 1. The summed E-state index contributed by atoms with van der Waals surface area (Å²) >= 11 is 0. The lowest BCUT2D eigenvalue weighted by Gasteiger charge is -2.29. The van der Waals surface area contributed by atoms with Gasteiger partial charge in [-0.25, -0.2) is 4.79 Å². The number of hydrogen-bond acceptors (Lipinski definition) is 6. The fourth-order valence-corrected chi connectivity index (χ4v) is 4.24. The van der Waals surface area contributed by atoms with Crippen LogP contribution in [0.2, 0.25) is 0 Å². The molecule has 1 fully saturated rings. The number of nitrogens with one attached hydrogen (secondary N) is 2. The number of amides is 3. The molecule has 1 aliphatic heterocycles. The molecule has 4 unspecified atom stereocenters. The van der Waals surface area contributed by atoms with Gasteiger partial charge in [0.1, 0.15) is 23.9 Å². The molecule has 0 bridgehead atoms. The van der Waals surface area contributed by atoms with Gasteiger partial charge in [-0.2, -0.15) is 0 Å². The number of carbonyl (C=O) groups is 4. The van der Waals surface area contributed by atoms with Crippen molar-refractivity contribution in [2.45, 2.75) is 77.5 Å². The summed E-state index contributed by atoms with van der Waals surface area (Å²) in [5.41, 5.74) is 6.74. The smallest absolute Gasteiger partial charge is 0.326 e. The molecule has 0 spiro atoms. The van der Waals surface area contributed by atoms with Crippen LogP contribution in [-0.4, -0.2) is 69.5 Å². The number of nitrogens with two attached hydrogens (primary N) is 1. The Kier molecular flexibility index (Phi) is 10.1. The van der Waals surface area contributed by atoms with E-state index in [2.05, 4.69) is 10.6 Å². The maximum atomic E-state index is 13.2. The Morgan fingerprint density at radius 3 is 2.26 bits per heavy atom. The Bertz CT molecular complexity index is 902. The molecule has 10 nitrogen and oxygen atoms in total. The number of carboxylic acids is 1. The molecular formula is C25H38N4O6. The Morgan fingerprint density at radius 1 is 1.09 bits per heavy atom. The lowest BCUT2D eigenvalue weighted by Crippen LogP contribution is -2.57. The zero-order chi connectivity index (χ0) is 26.3. The lowest BCUT2D eigenvalue weighted by atomic mass is 10.0. The first-order valence-electron chi connectivity index (χ1n) is 12.1. The molecular weight excluding hydrogens is 452 g/mol. The average molecular weight is 491 g/mol. The highest BCUT2D eigenvalue weighted by molar-refractivity contribution is 5.94. The number of hydrogen-bond donors (Lipinski definition) is 5.